The molecule has 2 heterocycles. The summed E-state index contributed by atoms with van der Waals surface area (Å²) in [6, 6.07) is 17.5. The van der Waals surface area contributed by atoms with Crippen molar-refractivity contribution >= 4 is 17.3 Å². The van der Waals surface area contributed by atoms with Crippen LogP contribution in [0.1, 0.15) is 41.1 Å². The summed E-state index contributed by atoms with van der Waals surface area (Å²) in [4.78, 5) is 19.6. The van der Waals surface area contributed by atoms with E-state index in [1.807, 2.05) is 70.2 Å². The molecule has 5 rings (SSSR count). The second kappa shape index (κ2) is 9.54. The van der Waals surface area contributed by atoms with Crippen LogP contribution in [0.25, 0.3) is 17.0 Å². The fourth-order valence-electron chi connectivity index (χ4n) is 4.55. The minimum absolute atomic E-state index is 0.129. The van der Waals surface area contributed by atoms with Crippen molar-refractivity contribution in [1.29, 1.82) is 0 Å². The summed E-state index contributed by atoms with van der Waals surface area (Å²) < 4.78 is 25.1. The number of anilines is 1. The van der Waals surface area contributed by atoms with E-state index in [1.165, 1.54) is 19.2 Å². The largest absolute Gasteiger partial charge is 0.494 e. The van der Waals surface area contributed by atoms with E-state index in [2.05, 4.69) is 15.5 Å². The molecule has 1 N–H and O–H groups in total. The fourth-order valence-corrected chi connectivity index (χ4v) is 4.55. The number of amides is 2. The van der Waals surface area contributed by atoms with Gasteiger partial charge in [-0.05, 0) is 80.3 Å². The van der Waals surface area contributed by atoms with Crippen LogP contribution < -0.4 is 15.0 Å². The zero-order valence-electron chi connectivity index (χ0n) is 21.3. The van der Waals surface area contributed by atoms with Crippen molar-refractivity contribution in [2.24, 2.45) is 0 Å². The Bertz CT molecular complexity index is 1540. The van der Waals surface area contributed by atoms with Crippen molar-refractivity contribution in [3.05, 3.63) is 100 Å². The van der Waals surface area contributed by atoms with Gasteiger partial charge in [-0.3, -0.25) is 4.90 Å². The molecule has 1 aromatic heterocycles. The average molecular weight is 499 g/mol. The maximum atomic E-state index is 14.4. The first-order valence-corrected chi connectivity index (χ1v) is 11.9. The SMILES string of the molecule is COc1ccc(-c2noc(C3=C(C)N(c4cccc(C)c4)C(=O)NC3c3ccc(C)c(C)c3)n2)cc1F. The molecule has 7 nitrogen and oxygen atoms in total. The number of ether oxygens (including phenoxy) is 1. The Morgan fingerprint density at radius 2 is 1.81 bits per heavy atom. The van der Waals surface area contributed by atoms with E-state index in [0.717, 1.165) is 27.9 Å². The van der Waals surface area contributed by atoms with Crippen LogP contribution in [0.4, 0.5) is 14.9 Å². The maximum Gasteiger partial charge on any atom is 0.326 e. The number of rotatable bonds is 5. The van der Waals surface area contributed by atoms with Crippen LogP contribution in [0.2, 0.25) is 0 Å². The molecule has 0 fully saturated rings. The van der Waals surface area contributed by atoms with Crippen LogP contribution in [-0.2, 0) is 0 Å². The Balaban J connectivity index is 1.65. The summed E-state index contributed by atoms with van der Waals surface area (Å²) >= 11 is 0. The van der Waals surface area contributed by atoms with Gasteiger partial charge in [0, 0.05) is 11.3 Å². The molecule has 0 aliphatic carbocycles. The van der Waals surface area contributed by atoms with Crippen molar-refractivity contribution in [3.63, 3.8) is 0 Å². The summed E-state index contributed by atoms with van der Waals surface area (Å²) in [6.45, 7) is 7.91. The molecule has 0 bridgehead atoms. The highest BCUT2D eigenvalue weighted by atomic mass is 19.1. The number of methoxy groups -OCH3 is 1. The lowest BCUT2D eigenvalue weighted by Gasteiger charge is -2.35. The van der Waals surface area contributed by atoms with Gasteiger partial charge in [0.1, 0.15) is 0 Å². The third-order valence-corrected chi connectivity index (χ3v) is 6.68. The first kappa shape index (κ1) is 24.2. The number of urea groups is 1. The van der Waals surface area contributed by atoms with Crippen LogP contribution in [0.3, 0.4) is 0 Å². The molecule has 1 aliphatic rings. The smallest absolute Gasteiger partial charge is 0.326 e. The van der Waals surface area contributed by atoms with E-state index in [-0.39, 0.29) is 23.5 Å². The van der Waals surface area contributed by atoms with Gasteiger partial charge in [0.15, 0.2) is 11.6 Å². The van der Waals surface area contributed by atoms with Crippen molar-refractivity contribution in [3.8, 4) is 17.1 Å². The first-order chi connectivity index (χ1) is 17.8. The number of hydrogen-bond donors (Lipinski definition) is 1. The quantitative estimate of drug-likeness (QED) is 0.339. The van der Waals surface area contributed by atoms with Gasteiger partial charge in [0.05, 0.1) is 24.4 Å². The zero-order valence-corrected chi connectivity index (χ0v) is 21.3. The number of carbonyl (C=O) groups excluding carboxylic acids is 1. The van der Waals surface area contributed by atoms with Gasteiger partial charge in [0.25, 0.3) is 5.89 Å². The highest BCUT2D eigenvalue weighted by molar-refractivity contribution is 6.01. The van der Waals surface area contributed by atoms with Gasteiger partial charge < -0.3 is 14.6 Å². The molecule has 2 amide bonds. The van der Waals surface area contributed by atoms with Crippen LogP contribution in [0.5, 0.6) is 5.75 Å². The molecular formula is C29H27FN4O3. The molecule has 37 heavy (non-hydrogen) atoms. The van der Waals surface area contributed by atoms with Crippen molar-refractivity contribution in [2.75, 3.05) is 12.0 Å². The predicted octanol–water partition coefficient (Wildman–Crippen LogP) is 6.51. The summed E-state index contributed by atoms with van der Waals surface area (Å²) in [5.41, 5.74) is 6.67. The summed E-state index contributed by atoms with van der Waals surface area (Å²) in [5.74, 6) is 0.0780. The molecule has 0 saturated heterocycles. The fraction of sp³-hybridized carbons (Fsp3) is 0.207. The summed E-state index contributed by atoms with van der Waals surface area (Å²) in [5, 5.41) is 7.25. The predicted molar refractivity (Wildman–Crippen MR) is 140 cm³/mol. The number of aromatic nitrogens is 2. The number of aryl methyl sites for hydroxylation is 3. The molecular weight excluding hydrogens is 471 g/mol. The molecule has 0 radical (unpaired) electrons. The van der Waals surface area contributed by atoms with Gasteiger partial charge in [-0.2, -0.15) is 4.98 Å². The van der Waals surface area contributed by atoms with Crippen LogP contribution in [-0.4, -0.2) is 23.3 Å². The van der Waals surface area contributed by atoms with Crippen LogP contribution in [0.15, 0.2) is 70.9 Å². The Hall–Kier alpha value is -4.46. The highest BCUT2D eigenvalue weighted by Crippen LogP contribution is 2.39. The third kappa shape index (κ3) is 4.46. The lowest BCUT2D eigenvalue weighted by molar-refractivity contribution is 0.244. The van der Waals surface area contributed by atoms with Gasteiger partial charge in [0.2, 0.25) is 5.82 Å². The lowest BCUT2D eigenvalue weighted by Crippen LogP contribution is -2.46. The first-order valence-electron chi connectivity index (χ1n) is 11.9. The molecule has 1 aliphatic heterocycles. The molecule has 188 valence electrons. The van der Waals surface area contributed by atoms with E-state index >= 15 is 0 Å². The van der Waals surface area contributed by atoms with Gasteiger partial charge in [-0.15, -0.1) is 0 Å². The number of nitrogens with zero attached hydrogens (tertiary/aromatic N) is 3. The molecule has 0 saturated carbocycles. The normalized spacial score (nSPS) is 15.7. The van der Waals surface area contributed by atoms with Crippen LogP contribution >= 0.6 is 0 Å². The number of nitrogens with one attached hydrogen (secondary N) is 1. The van der Waals surface area contributed by atoms with Gasteiger partial charge in [-0.25, -0.2) is 9.18 Å². The van der Waals surface area contributed by atoms with E-state index < -0.39 is 11.9 Å². The molecule has 4 aromatic rings. The van der Waals surface area contributed by atoms with Crippen molar-refractivity contribution in [2.45, 2.75) is 33.7 Å². The van der Waals surface area contributed by atoms with Gasteiger partial charge >= 0.3 is 6.03 Å². The van der Waals surface area contributed by atoms with E-state index in [9.17, 15) is 9.18 Å². The van der Waals surface area contributed by atoms with Crippen molar-refractivity contribution in [1.82, 2.24) is 15.5 Å². The average Bonchev–Trinajstić information content (AvgIpc) is 3.35. The molecule has 1 unspecified atom stereocenters. The van der Waals surface area contributed by atoms with Gasteiger partial charge in [-0.1, -0.05) is 35.5 Å². The molecule has 0 spiro atoms. The number of benzene rings is 3. The number of hydrogen-bond acceptors (Lipinski definition) is 5. The highest BCUT2D eigenvalue weighted by Gasteiger charge is 2.36. The molecule has 1 atom stereocenters. The second-order valence-electron chi connectivity index (χ2n) is 9.17. The zero-order chi connectivity index (χ0) is 26.3. The molecule has 3 aromatic carbocycles. The minimum atomic E-state index is -0.523. The topological polar surface area (TPSA) is 80.5 Å². The third-order valence-electron chi connectivity index (χ3n) is 6.68. The Morgan fingerprint density at radius 3 is 2.51 bits per heavy atom. The summed E-state index contributed by atoms with van der Waals surface area (Å²) in [6.07, 6.45) is 0. The molecule has 8 heteroatoms. The number of allylic oxidation sites excluding steroid dienone is 1. The van der Waals surface area contributed by atoms with Crippen molar-refractivity contribution < 1.29 is 18.4 Å². The standard InChI is InChI=1S/C29H27FN4O3/c1-16-7-6-8-22(13-16)34-19(4)25(26(31-29(34)35)20-10-9-17(2)18(3)14-20)28-32-27(33-37-28)21-11-12-24(36-5)23(30)15-21/h6-15,26H,1-5H3,(H,31,35). The monoisotopic (exact) mass is 498 g/mol. The maximum absolute atomic E-state index is 14.4. The van der Waals surface area contributed by atoms with E-state index in [1.54, 1.807) is 11.0 Å². The number of carbonyl (C=O) groups is 1. The van der Waals surface area contributed by atoms with E-state index in [0.29, 0.717) is 16.8 Å². The number of halogens is 1. The Labute approximate surface area is 214 Å². The Morgan fingerprint density at radius 1 is 1.00 bits per heavy atom. The lowest BCUT2D eigenvalue weighted by atomic mass is 9.92. The minimum Gasteiger partial charge on any atom is -0.494 e. The van der Waals surface area contributed by atoms with E-state index in [4.69, 9.17) is 9.26 Å². The Kier molecular flexibility index (Phi) is 6.25. The van der Waals surface area contributed by atoms with Crippen LogP contribution in [0, 0.1) is 26.6 Å². The summed E-state index contributed by atoms with van der Waals surface area (Å²) in [7, 11) is 1.41. The second-order valence-corrected chi connectivity index (χ2v) is 9.17.